The number of aromatic nitrogens is 1. The van der Waals surface area contributed by atoms with Crippen LogP contribution in [0.4, 0.5) is 10.5 Å². The number of urea groups is 1. The Labute approximate surface area is 155 Å². The molecule has 0 radical (unpaired) electrons. The summed E-state index contributed by atoms with van der Waals surface area (Å²) in [5.74, 6) is 0. The van der Waals surface area contributed by atoms with Gasteiger partial charge in [0.2, 0.25) is 0 Å². The Kier molecular flexibility index (Phi) is 5.68. The second-order valence-corrected chi connectivity index (χ2v) is 6.95. The number of nitrogens with one attached hydrogen (secondary N) is 2. The number of carbonyl (C=O) groups excluding carboxylic acids is 1. The molecule has 25 heavy (non-hydrogen) atoms. The van der Waals surface area contributed by atoms with Crippen LogP contribution in [0.25, 0.3) is 10.6 Å². The van der Waals surface area contributed by atoms with Crippen molar-refractivity contribution in [1.29, 1.82) is 0 Å². The van der Waals surface area contributed by atoms with E-state index in [9.17, 15) is 4.79 Å². The van der Waals surface area contributed by atoms with Gasteiger partial charge < -0.3 is 10.6 Å². The second-order valence-electron chi connectivity index (χ2n) is 5.65. The Hall–Kier alpha value is -2.37. The number of nitrogens with zero attached hydrogens (tertiary/aromatic N) is 1. The maximum Gasteiger partial charge on any atom is 0.319 e. The molecule has 0 saturated heterocycles. The quantitative estimate of drug-likeness (QED) is 0.652. The van der Waals surface area contributed by atoms with E-state index >= 15 is 0 Å². The first-order valence-corrected chi connectivity index (χ1v) is 9.18. The van der Waals surface area contributed by atoms with E-state index in [4.69, 9.17) is 11.6 Å². The minimum atomic E-state index is -0.209. The summed E-state index contributed by atoms with van der Waals surface area (Å²) in [5.41, 5.74) is 3.91. The number of benzene rings is 2. The van der Waals surface area contributed by atoms with Crippen molar-refractivity contribution in [1.82, 2.24) is 10.3 Å². The van der Waals surface area contributed by atoms with E-state index in [1.807, 2.05) is 60.8 Å². The number of hydrogen-bond donors (Lipinski definition) is 2. The third-order valence-corrected chi connectivity index (χ3v) is 4.78. The van der Waals surface area contributed by atoms with Crippen molar-refractivity contribution in [2.24, 2.45) is 0 Å². The van der Waals surface area contributed by atoms with Gasteiger partial charge in [-0.15, -0.1) is 11.3 Å². The van der Waals surface area contributed by atoms with Gasteiger partial charge in [-0.25, -0.2) is 9.78 Å². The molecule has 2 N–H and O–H groups in total. The van der Waals surface area contributed by atoms with Crippen molar-refractivity contribution >= 4 is 34.7 Å². The number of thiazole rings is 1. The Balaban J connectivity index is 1.49. The fourth-order valence-corrected chi connectivity index (χ4v) is 3.34. The molecular weight excluding hydrogens is 354 g/mol. The van der Waals surface area contributed by atoms with Crippen LogP contribution >= 0.6 is 22.9 Å². The maximum atomic E-state index is 11.9. The first-order chi connectivity index (χ1) is 12.1. The fourth-order valence-electron chi connectivity index (χ4n) is 2.35. The molecule has 0 fully saturated rings. The van der Waals surface area contributed by atoms with Gasteiger partial charge in [0.25, 0.3) is 0 Å². The Bertz CT molecular complexity index is 861. The summed E-state index contributed by atoms with van der Waals surface area (Å²) in [6, 6.07) is 15.1. The normalized spacial score (nSPS) is 10.5. The van der Waals surface area contributed by atoms with Crippen LogP contribution in [0.15, 0.2) is 53.9 Å². The van der Waals surface area contributed by atoms with Gasteiger partial charge in [0.15, 0.2) is 0 Å². The van der Waals surface area contributed by atoms with Crippen molar-refractivity contribution in [2.75, 3.05) is 11.9 Å². The van der Waals surface area contributed by atoms with Gasteiger partial charge in [-0.1, -0.05) is 35.9 Å². The summed E-state index contributed by atoms with van der Waals surface area (Å²) in [5, 5.41) is 9.36. The van der Waals surface area contributed by atoms with E-state index in [0.29, 0.717) is 18.0 Å². The number of anilines is 1. The minimum Gasteiger partial charge on any atom is -0.337 e. The lowest BCUT2D eigenvalue weighted by atomic mass is 10.2. The molecule has 0 spiro atoms. The number of amides is 2. The molecule has 2 aromatic carbocycles. The summed E-state index contributed by atoms with van der Waals surface area (Å²) in [6.07, 6.45) is 0.686. The monoisotopic (exact) mass is 371 g/mol. The summed E-state index contributed by atoms with van der Waals surface area (Å²) in [7, 11) is 0. The molecule has 0 aliphatic rings. The molecule has 3 aromatic rings. The van der Waals surface area contributed by atoms with Gasteiger partial charge in [0, 0.05) is 34.6 Å². The average Bonchev–Trinajstić information content (AvgIpc) is 3.04. The van der Waals surface area contributed by atoms with E-state index in [-0.39, 0.29) is 6.03 Å². The predicted molar refractivity (Wildman–Crippen MR) is 104 cm³/mol. The lowest BCUT2D eigenvalue weighted by molar-refractivity contribution is 0.252. The SMILES string of the molecule is Cc1cccc(NC(=O)NCCc2csc(-c3ccc(Cl)cc3)n2)c1. The van der Waals surface area contributed by atoms with Crippen LogP contribution in [0.2, 0.25) is 5.02 Å². The molecule has 3 rings (SSSR count). The lowest BCUT2D eigenvalue weighted by Crippen LogP contribution is -2.30. The van der Waals surface area contributed by atoms with Gasteiger partial charge in [0.05, 0.1) is 5.69 Å². The largest absolute Gasteiger partial charge is 0.337 e. The molecule has 0 unspecified atom stereocenters. The van der Waals surface area contributed by atoms with Crippen LogP contribution in [-0.2, 0) is 6.42 Å². The topological polar surface area (TPSA) is 54.0 Å². The zero-order valence-corrected chi connectivity index (χ0v) is 15.3. The number of hydrogen-bond acceptors (Lipinski definition) is 3. The molecule has 2 amide bonds. The molecule has 128 valence electrons. The van der Waals surface area contributed by atoms with Crippen molar-refractivity contribution < 1.29 is 4.79 Å². The van der Waals surface area contributed by atoms with Gasteiger partial charge >= 0.3 is 6.03 Å². The molecule has 4 nitrogen and oxygen atoms in total. The predicted octanol–water partition coefficient (Wildman–Crippen LogP) is 5.14. The number of rotatable bonds is 5. The maximum absolute atomic E-state index is 11.9. The van der Waals surface area contributed by atoms with E-state index < -0.39 is 0 Å². The second kappa shape index (κ2) is 8.14. The van der Waals surface area contributed by atoms with Crippen LogP contribution in [0, 0.1) is 6.92 Å². The Morgan fingerprint density at radius 1 is 1.20 bits per heavy atom. The summed E-state index contributed by atoms with van der Waals surface area (Å²) < 4.78 is 0. The zero-order chi connectivity index (χ0) is 17.6. The average molecular weight is 372 g/mol. The highest BCUT2D eigenvalue weighted by Gasteiger charge is 2.06. The lowest BCUT2D eigenvalue weighted by Gasteiger charge is -2.07. The van der Waals surface area contributed by atoms with E-state index in [0.717, 1.165) is 27.5 Å². The van der Waals surface area contributed by atoms with Crippen LogP contribution < -0.4 is 10.6 Å². The summed E-state index contributed by atoms with van der Waals surface area (Å²) in [4.78, 5) is 16.5. The highest BCUT2D eigenvalue weighted by Crippen LogP contribution is 2.25. The smallest absolute Gasteiger partial charge is 0.319 e. The van der Waals surface area contributed by atoms with Gasteiger partial charge in [-0.2, -0.15) is 0 Å². The van der Waals surface area contributed by atoms with E-state index in [1.54, 1.807) is 11.3 Å². The van der Waals surface area contributed by atoms with Gasteiger partial charge in [-0.05, 0) is 36.8 Å². The highest BCUT2D eigenvalue weighted by atomic mass is 35.5. The summed E-state index contributed by atoms with van der Waals surface area (Å²) in [6.45, 7) is 2.52. The minimum absolute atomic E-state index is 0.209. The number of halogens is 1. The molecule has 0 saturated carbocycles. The molecule has 0 aliphatic heterocycles. The first-order valence-electron chi connectivity index (χ1n) is 7.92. The Morgan fingerprint density at radius 3 is 2.76 bits per heavy atom. The zero-order valence-electron chi connectivity index (χ0n) is 13.8. The van der Waals surface area contributed by atoms with Crippen LogP contribution in [0.3, 0.4) is 0 Å². The van der Waals surface area contributed by atoms with Crippen LogP contribution in [0.1, 0.15) is 11.3 Å². The van der Waals surface area contributed by atoms with Crippen molar-refractivity contribution in [3.05, 3.63) is 70.2 Å². The molecule has 0 atom stereocenters. The van der Waals surface area contributed by atoms with Crippen LogP contribution in [-0.4, -0.2) is 17.6 Å². The standard InChI is InChI=1S/C19H18ClN3OS/c1-13-3-2-4-16(11-13)23-19(24)21-10-9-17-12-25-18(22-17)14-5-7-15(20)8-6-14/h2-8,11-12H,9-10H2,1H3,(H2,21,23,24). The first kappa shape index (κ1) is 17.5. The molecular formula is C19H18ClN3OS. The van der Waals surface area contributed by atoms with Crippen molar-refractivity contribution in [2.45, 2.75) is 13.3 Å². The fraction of sp³-hybridized carbons (Fsp3) is 0.158. The van der Waals surface area contributed by atoms with Crippen molar-refractivity contribution in [3.63, 3.8) is 0 Å². The summed E-state index contributed by atoms with van der Waals surface area (Å²) >= 11 is 7.50. The highest BCUT2D eigenvalue weighted by molar-refractivity contribution is 7.13. The molecule has 0 aliphatic carbocycles. The van der Waals surface area contributed by atoms with Gasteiger partial charge in [0.1, 0.15) is 5.01 Å². The third kappa shape index (κ3) is 5.05. The van der Waals surface area contributed by atoms with Gasteiger partial charge in [-0.3, -0.25) is 0 Å². The third-order valence-electron chi connectivity index (χ3n) is 3.59. The molecule has 1 heterocycles. The molecule has 1 aromatic heterocycles. The van der Waals surface area contributed by atoms with E-state index in [2.05, 4.69) is 15.6 Å². The molecule has 6 heteroatoms. The van der Waals surface area contributed by atoms with E-state index in [1.165, 1.54) is 0 Å². The molecule has 0 bridgehead atoms. The number of carbonyl (C=O) groups is 1. The van der Waals surface area contributed by atoms with Crippen LogP contribution in [0.5, 0.6) is 0 Å². The number of aryl methyl sites for hydroxylation is 1. The Morgan fingerprint density at radius 2 is 2.00 bits per heavy atom. The van der Waals surface area contributed by atoms with Crippen molar-refractivity contribution in [3.8, 4) is 10.6 Å².